The number of benzene rings is 2. The molecular formula is C20H20ClN3O5S2. The van der Waals surface area contributed by atoms with Crippen LogP contribution in [0.4, 0.5) is 10.8 Å². The maximum Gasteiger partial charge on any atom is 0.263 e. The maximum absolute atomic E-state index is 12.5. The van der Waals surface area contributed by atoms with Crippen LogP contribution in [0, 0.1) is 0 Å². The number of anilines is 2. The zero-order valence-corrected chi connectivity index (χ0v) is 19.1. The van der Waals surface area contributed by atoms with E-state index in [0.29, 0.717) is 34.3 Å². The SMILES string of the molecule is COc1ccc(S(=O)(=O)Nc2nc(CCC(=O)Nc3ccc(OC)c(Cl)c3)cs2)cc1. The minimum atomic E-state index is -3.77. The van der Waals surface area contributed by atoms with Gasteiger partial charge in [0.2, 0.25) is 5.91 Å². The maximum atomic E-state index is 12.5. The second kappa shape index (κ2) is 9.99. The van der Waals surface area contributed by atoms with E-state index in [2.05, 4.69) is 15.0 Å². The molecule has 8 nitrogen and oxygen atoms in total. The van der Waals surface area contributed by atoms with Crippen molar-refractivity contribution in [2.75, 3.05) is 24.3 Å². The van der Waals surface area contributed by atoms with Crippen LogP contribution >= 0.6 is 22.9 Å². The minimum Gasteiger partial charge on any atom is -0.497 e. The highest BCUT2D eigenvalue weighted by atomic mass is 35.5. The van der Waals surface area contributed by atoms with E-state index in [4.69, 9.17) is 21.1 Å². The summed E-state index contributed by atoms with van der Waals surface area (Å²) in [7, 11) is -0.749. The highest BCUT2D eigenvalue weighted by Crippen LogP contribution is 2.27. The van der Waals surface area contributed by atoms with Gasteiger partial charge in [-0.2, -0.15) is 0 Å². The lowest BCUT2D eigenvalue weighted by Crippen LogP contribution is -2.13. The van der Waals surface area contributed by atoms with Gasteiger partial charge in [0.05, 0.1) is 29.8 Å². The van der Waals surface area contributed by atoms with Crippen molar-refractivity contribution in [2.45, 2.75) is 17.7 Å². The average Bonchev–Trinajstić information content (AvgIpc) is 3.19. The monoisotopic (exact) mass is 481 g/mol. The number of carbonyl (C=O) groups excluding carboxylic acids is 1. The molecule has 0 spiro atoms. The highest BCUT2D eigenvalue weighted by Gasteiger charge is 2.16. The number of methoxy groups -OCH3 is 2. The molecule has 164 valence electrons. The predicted molar refractivity (Wildman–Crippen MR) is 121 cm³/mol. The summed E-state index contributed by atoms with van der Waals surface area (Å²) in [6, 6.07) is 11.0. The summed E-state index contributed by atoms with van der Waals surface area (Å²) in [6.07, 6.45) is 0.536. The lowest BCUT2D eigenvalue weighted by molar-refractivity contribution is -0.116. The minimum absolute atomic E-state index is 0.0996. The quantitative estimate of drug-likeness (QED) is 0.474. The number of sulfonamides is 1. The van der Waals surface area contributed by atoms with E-state index < -0.39 is 10.0 Å². The summed E-state index contributed by atoms with van der Waals surface area (Å²) < 4.78 is 37.5. The molecule has 0 fully saturated rings. The number of nitrogens with zero attached hydrogens (tertiary/aromatic N) is 1. The first-order chi connectivity index (χ1) is 14.8. The molecule has 0 radical (unpaired) electrons. The molecule has 3 aromatic rings. The Labute approximate surface area is 189 Å². The first kappa shape index (κ1) is 22.9. The molecule has 0 aliphatic heterocycles. The number of hydrogen-bond donors (Lipinski definition) is 2. The third-order valence-electron chi connectivity index (χ3n) is 4.19. The van der Waals surface area contributed by atoms with Gasteiger partial charge in [0.15, 0.2) is 5.13 Å². The second-order valence-electron chi connectivity index (χ2n) is 6.32. The van der Waals surface area contributed by atoms with Gasteiger partial charge in [-0.3, -0.25) is 9.52 Å². The highest BCUT2D eigenvalue weighted by molar-refractivity contribution is 7.93. The van der Waals surface area contributed by atoms with Gasteiger partial charge in [-0.1, -0.05) is 11.6 Å². The summed E-state index contributed by atoms with van der Waals surface area (Å²) in [6.45, 7) is 0. The van der Waals surface area contributed by atoms with Crippen molar-refractivity contribution in [3.05, 3.63) is 58.6 Å². The van der Waals surface area contributed by atoms with Crippen molar-refractivity contribution in [1.82, 2.24) is 4.98 Å². The van der Waals surface area contributed by atoms with E-state index in [-0.39, 0.29) is 22.4 Å². The molecule has 1 amide bonds. The number of carbonyl (C=O) groups is 1. The normalized spacial score (nSPS) is 11.1. The lowest BCUT2D eigenvalue weighted by Gasteiger charge is -2.07. The van der Waals surface area contributed by atoms with Crippen molar-refractivity contribution < 1.29 is 22.7 Å². The third-order valence-corrected chi connectivity index (χ3v) is 6.77. The van der Waals surface area contributed by atoms with Gasteiger partial charge in [0.25, 0.3) is 10.0 Å². The summed E-state index contributed by atoms with van der Waals surface area (Å²) in [5.41, 5.74) is 1.17. The van der Waals surface area contributed by atoms with Crippen molar-refractivity contribution in [3.8, 4) is 11.5 Å². The van der Waals surface area contributed by atoms with E-state index >= 15 is 0 Å². The van der Waals surface area contributed by atoms with Crippen LogP contribution in [0.5, 0.6) is 11.5 Å². The van der Waals surface area contributed by atoms with E-state index in [0.717, 1.165) is 11.3 Å². The summed E-state index contributed by atoms with van der Waals surface area (Å²) in [5.74, 6) is 0.868. The Hall–Kier alpha value is -2.82. The Kier molecular flexibility index (Phi) is 7.37. The van der Waals surface area contributed by atoms with Gasteiger partial charge in [0, 0.05) is 17.5 Å². The van der Waals surface area contributed by atoms with Crippen molar-refractivity contribution >= 4 is 49.7 Å². The van der Waals surface area contributed by atoms with Crippen LogP contribution < -0.4 is 19.5 Å². The number of halogens is 1. The first-order valence-corrected chi connectivity index (χ1v) is 11.8. The van der Waals surface area contributed by atoms with Crippen molar-refractivity contribution in [1.29, 1.82) is 0 Å². The van der Waals surface area contributed by atoms with Crippen LogP contribution in [0.1, 0.15) is 12.1 Å². The van der Waals surface area contributed by atoms with Crippen LogP contribution in [0.15, 0.2) is 52.7 Å². The molecule has 2 aromatic carbocycles. The van der Waals surface area contributed by atoms with Gasteiger partial charge in [-0.25, -0.2) is 13.4 Å². The Morgan fingerprint density at radius 2 is 1.87 bits per heavy atom. The number of hydrogen-bond acceptors (Lipinski definition) is 7. The fraction of sp³-hybridized carbons (Fsp3) is 0.200. The van der Waals surface area contributed by atoms with E-state index in [1.54, 1.807) is 35.7 Å². The van der Waals surface area contributed by atoms with Crippen LogP contribution in [0.25, 0.3) is 0 Å². The Morgan fingerprint density at radius 1 is 1.13 bits per heavy atom. The molecule has 11 heteroatoms. The van der Waals surface area contributed by atoms with Gasteiger partial charge in [0.1, 0.15) is 11.5 Å². The largest absolute Gasteiger partial charge is 0.497 e. The van der Waals surface area contributed by atoms with E-state index in [1.165, 1.54) is 26.4 Å². The van der Waals surface area contributed by atoms with Gasteiger partial charge >= 0.3 is 0 Å². The van der Waals surface area contributed by atoms with Gasteiger partial charge < -0.3 is 14.8 Å². The fourth-order valence-electron chi connectivity index (χ4n) is 2.61. The van der Waals surface area contributed by atoms with Crippen LogP contribution in [0.3, 0.4) is 0 Å². The first-order valence-electron chi connectivity index (χ1n) is 9.05. The smallest absolute Gasteiger partial charge is 0.263 e. The Bertz CT molecular complexity index is 1160. The molecular weight excluding hydrogens is 462 g/mol. The van der Waals surface area contributed by atoms with Crippen LogP contribution in [-0.4, -0.2) is 33.5 Å². The number of ether oxygens (including phenoxy) is 2. The Morgan fingerprint density at radius 3 is 2.52 bits per heavy atom. The topological polar surface area (TPSA) is 107 Å². The lowest BCUT2D eigenvalue weighted by atomic mass is 10.2. The van der Waals surface area contributed by atoms with E-state index in [9.17, 15) is 13.2 Å². The number of nitrogens with one attached hydrogen (secondary N) is 2. The summed E-state index contributed by atoms with van der Waals surface area (Å²) >= 11 is 7.20. The fourth-order valence-corrected chi connectivity index (χ4v) is 4.86. The zero-order valence-electron chi connectivity index (χ0n) is 16.7. The van der Waals surface area contributed by atoms with Crippen LogP contribution in [0.2, 0.25) is 5.02 Å². The van der Waals surface area contributed by atoms with Gasteiger partial charge in [-0.15, -0.1) is 11.3 Å². The van der Waals surface area contributed by atoms with Crippen LogP contribution in [-0.2, 0) is 21.2 Å². The molecule has 1 aromatic heterocycles. The molecule has 0 bridgehead atoms. The molecule has 3 rings (SSSR count). The number of thiazole rings is 1. The molecule has 1 heterocycles. The zero-order chi connectivity index (χ0) is 22.4. The third kappa shape index (κ3) is 6.09. The summed E-state index contributed by atoms with van der Waals surface area (Å²) in [4.78, 5) is 16.5. The molecule has 0 aliphatic rings. The predicted octanol–water partition coefficient (Wildman–Crippen LogP) is 4.19. The number of amides is 1. The molecule has 2 N–H and O–H groups in total. The number of aromatic nitrogens is 1. The van der Waals surface area contributed by atoms with Gasteiger partial charge in [-0.05, 0) is 48.9 Å². The molecule has 31 heavy (non-hydrogen) atoms. The molecule has 0 unspecified atom stereocenters. The molecule has 0 saturated carbocycles. The Balaban J connectivity index is 1.55. The molecule has 0 aliphatic carbocycles. The molecule has 0 atom stereocenters. The second-order valence-corrected chi connectivity index (χ2v) is 9.27. The van der Waals surface area contributed by atoms with Crippen molar-refractivity contribution in [3.63, 3.8) is 0 Å². The van der Waals surface area contributed by atoms with E-state index in [1.807, 2.05) is 0 Å². The summed E-state index contributed by atoms with van der Waals surface area (Å²) in [5, 5.41) is 5.09. The molecule has 0 saturated heterocycles. The number of rotatable bonds is 9. The average molecular weight is 482 g/mol. The van der Waals surface area contributed by atoms with Crippen molar-refractivity contribution in [2.24, 2.45) is 0 Å². The number of aryl methyl sites for hydroxylation is 1. The standard InChI is InChI=1S/C20H20ClN3O5S2/c1-28-15-5-7-16(8-6-15)31(26,27)24-20-23-14(12-30-20)4-10-19(25)22-13-3-9-18(29-2)17(21)11-13/h3,5-9,11-12H,4,10H2,1-2H3,(H,22,25)(H,23,24).